The van der Waals surface area contributed by atoms with Crippen molar-refractivity contribution in [3.8, 4) is 5.75 Å². The molecule has 0 bridgehead atoms. The molecule has 1 saturated heterocycles. The molecule has 1 unspecified atom stereocenters. The molecule has 1 atom stereocenters. The number of rotatable bonds is 5. The summed E-state index contributed by atoms with van der Waals surface area (Å²) in [6, 6.07) is 4.63. The summed E-state index contributed by atoms with van der Waals surface area (Å²) in [5.41, 5.74) is 0. The average molecular weight is 341 g/mol. The van der Waals surface area contributed by atoms with Crippen molar-refractivity contribution in [3.63, 3.8) is 0 Å². The Hall–Kier alpha value is -0.530. The number of ether oxygens (including phenoxy) is 1. The lowest BCUT2D eigenvalue weighted by molar-refractivity contribution is 0.414. The molecule has 1 aliphatic rings. The monoisotopic (exact) mass is 340 g/mol. The number of methoxy groups -OCH3 is 1. The Morgan fingerprint density at radius 2 is 2.25 bits per heavy atom. The predicted molar refractivity (Wildman–Crippen MR) is 81.5 cm³/mol. The van der Waals surface area contributed by atoms with Gasteiger partial charge in [-0.1, -0.05) is 11.6 Å². The van der Waals surface area contributed by atoms with Gasteiger partial charge in [-0.25, -0.2) is 13.1 Å². The summed E-state index contributed by atoms with van der Waals surface area (Å²) in [6.45, 7) is 1.34. The minimum absolute atomic E-state index is 0. The first-order valence-corrected chi connectivity index (χ1v) is 7.95. The molecule has 1 fully saturated rings. The molecule has 1 aliphatic heterocycles. The highest BCUT2D eigenvalue weighted by Gasteiger charge is 2.20. The lowest BCUT2D eigenvalue weighted by Crippen LogP contribution is -2.37. The first kappa shape index (κ1) is 17.5. The zero-order chi connectivity index (χ0) is 13.9. The third-order valence-electron chi connectivity index (χ3n) is 3.12. The molecular weight excluding hydrogens is 323 g/mol. The third kappa shape index (κ3) is 4.23. The van der Waals surface area contributed by atoms with E-state index in [-0.39, 0.29) is 28.4 Å². The Kier molecular flexibility index (Phi) is 6.54. The van der Waals surface area contributed by atoms with Crippen LogP contribution >= 0.6 is 24.0 Å². The van der Waals surface area contributed by atoms with Gasteiger partial charge in [-0.15, -0.1) is 12.4 Å². The van der Waals surface area contributed by atoms with E-state index in [1.165, 1.54) is 19.2 Å². The number of halogens is 2. The highest BCUT2D eigenvalue weighted by Crippen LogP contribution is 2.26. The molecule has 0 aliphatic carbocycles. The Morgan fingerprint density at radius 1 is 1.50 bits per heavy atom. The fraction of sp³-hybridized carbons (Fsp3) is 0.500. The Morgan fingerprint density at radius 3 is 2.80 bits per heavy atom. The number of sulfonamides is 1. The van der Waals surface area contributed by atoms with Gasteiger partial charge in [0.1, 0.15) is 5.75 Å². The average Bonchev–Trinajstić information content (AvgIpc) is 2.89. The van der Waals surface area contributed by atoms with Crippen LogP contribution in [0, 0.1) is 0 Å². The van der Waals surface area contributed by atoms with Crippen molar-refractivity contribution in [1.82, 2.24) is 10.0 Å². The van der Waals surface area contributed by atoms with Gasteiger partial charge in [0.25, 0.3) is 0 Å². The van der Waals surface area contributed by atoms with E-state index in [4.69, 9.17) is 16.3 Å². The van der Waals surface area contributed by atoms with Crippen LogP contribution in [-0.2, 0) is 10.0 Å². The van der Waals surface area contributed by atoms with Gasteiger partial charge in [-0.3, -0.25) is 0 Å². The smallest absolute Gasteiger partial charge is 0.240 e. The molecule has 1 aromatic rings. The summed E-state index contributed by atoms with van der Waals surface area (Å²) < 4.78 is 31.8. The molecule has 2 rings (SSSR count). The maximum absolute atomic E-state index is 12.1. The second-order valence-electron chi connectivity index (χ2n) is 4.44. The zero-order valence-corrected chi connectivity index (χ0v) is 13.4. The maximum Gasteiger partial charge on any atom is 0.240 e. The van der Waals surface area contributed by atoms with E-state index in [9.17, 15) is 8.42 Å². The van der Waals surface area contributed by atoms with Gasteiger partial charge in [0, 0.05) is 12.6 Å². The van der Waals surface area contributed by atoms with Gasteiger partial charge >= 0.3 is 0 Å². The minimum Gasteiger partial charge on any atom is -0.495 e. The molecule has 2 N–H and O–H groups in total. The number of hydrogen-bond donors (Lipinski definition) is 2. The topological polar surface area (TPSA) is 67.4 Å². The molecule has 8 heteroatoms. The second-order valence-corrected chi connectivity index (χ2v) is 6.62. The molecular formula is C12H18Cl2N2O3S. The lowest BCUT2D eigenvalue weighted by atomic mass is 10.2. The van der Waals surface area contributed by atoms with Gasteiger partial charge < -0.3 is 10.1 Å². The first-order chi connectivity index (χ1) is 9.03. The van der Waals surface area contributed by atoms with E-state index in [2.05, 4.69) is 10.0 Å². The van der Waals surface area contributed by atoms with Crippen molar-refractivity contribution < 1.29 is 13.2 Å². The minimum atomic E-state index is -3.53. The van der Waals surface area contributed by atoms with Gasteiger partial charge in [0.05, 0.1) is 17.0 Å². The summed E-state index contributed by atoms with van der Waals surface area (Å²) in [5, 5.41) is 3.52. The zero-order valence-electron chi connectivity index (χ0n) is 11.1. The first-order valence-electron chi connectivity index (χ1n) is 6.09. The van der Waals surface area contributed by atoms with Gasteiger partial charge in [0.15, 0.2) is 0 Å². The van der Waals surface area contributed by atoms with Crippen LogP contribution in [-0.4, -0.2) is 34.7 Å². The normalized spacial score (nSPS) is 18.6. The summed E-state index contributed by atoms with van der Waals surface area (Å²) in [7, 11) is -2.04. The highest BCUT2D eigenvalue weighted by atomic mass is 35.5. The van der Waals surface area contributed by atoms with Crippen molar-refractivity contribution in [2.75, 3.05) is 20.2 Å². The van der Waals surface area contributed by atoms with Crippen molar-refractivity contribution >= 4 is 34.0 Å². The van der Waals surface area contributed by atoms with E-state index >= 15 is 0 Å². The molecule has 114 valence electrons. The fourth-order valence-corrected chi connectivity index (χ4v) is 3.47. The van der Waals surface area contributed by atoms with Gasteiger partial charge in [-0.2, -0.15) is 0 Å². The van der Waals surface area contributed by atoms with Crippen LogP contribution in [0.2, 0.25) is 5.02 Å². The molecule has 1 heterocycles. The van der Waals surface area contributed by atoms with Crippen LogP contribution in [0.15, 0.2) is 23.1 Å². The van der Waals surface area contributed by atoms with Crippen molar-refractivity contribution in [2.24, 2.45) is 0 Å². The number of nitrogens with one attached hydrogen (secondary N) is 2. The van der Waals surface area contributed by atoms with Crippen LogP contribution < -0.4 is 14.8 Å². The lowest BCUT2D eigenvalue weighted by Gasteiger charge is -2.12. The van der Waals surface area contributed by atoms with E-state index in [0.29, 0.717) is 12.3 Å². The summed E-state index contributed by atoms with van der Waals surface area (Å²) in [6.07, 6.45) is 2.08. The maximum atomic E-state index is 12.1. The SMILES string of the molecule is COc1ccc(S(=O)(=O)NCC2CCCN2)cc1Cl.Cl. The number of benzene rings is 1. The van der Waals surface area contributed by atoms with Crippen molar-refractivity contribution in [1.29, 1.82) is 0 Å². The summed E-state index contributed by atoms with van der Waals surface area (Å²) in [4.78, 5) is 0.149. The van der Waals surface area contributed by atoms with E-state index in [1.54, 1.807) is 6.07 Å². The van der Waals surface area contributed by atoms with E-state index < -0.39 is 10.0 Å². The molecule has 20 heavy (non-hydrogen) atoms. The van der Waals surface area contributed by atoms with Crippen molar-refractivity contribution in [3.05, 3.63) is 23.2 Å². The molecule has 0 radical (unpaired) electrons. The molecule has 0 amide bonds. The van der Waals surface area contributed by atoms with E-state index in [0.717, 1.165) is 19.4 Å². The van der Waals surface area contributed by atoms with E-state index in [1.807, 2.05) is 0 Å². The molecule has 0 saturated carbocycles. The van der Waals surface area contributed by atoms with Crippen LogP contribution in [0.5, 0.6) is 5.75 Å². The predicted octanol–water partition coefficient (Wildman–Crippen LogP) is 1.80. The Bertz CT molecular complexity index is 546. The Balaban J connectivity index is 0.00000200. The number of hydrogen-bond acceptors (Lipinski definition) is 4. The molecule has 0 spiro atoms. The summed E-state index contributed by atoms with van der Waals surface area (Å²) in [5.74, 6) is 0.457. The Labute approximate surface area is 130 Å². The summed E-state index contributed by atoms with van der Waals surface area (Å²) >= 11 is 5.93. The highest BCUT2D eigenvalue weighted by molar-refractivity contribution is 7.89. The largest absolute Gasteiger partial charge is 0.495 e. The fourth-order valence-electron chi connectivity index (χ4n) is 2.04. The molecule has 0 aromatic heterocycles. The van der Waals surface area contributed by atoms with Crippen molar-refractivity contribution in [2.45, 2.75) is 23.8 Å². The van der Waals surface area contributed by atoms with Crippen LogP contribution in [0.1, 0.15) is 12.8 Å². The quantitative estimate of drug-likeness (QED) is 0.857. The van der Waals surface area contributed by atoms with Gasteiger partial charge in [-0.05, 0) is 37.6 Å². The van der Waals surface area contributed by atoms with Crippen LogP contribution in [0.25, 0.3) is 0 Å². The van der Waals surface area contributed by atoms with Gasteiger partial charge in [0.2, 0.25) is 10.0 Å². The molecule has 1 aromatic carbocycles. The third-order valence-corrected chi connectivity index (χ3v) is 4.83. The van der Waals surface area contributed by atoms with Crippen LogP contribution in [0.3, 0.4) is 0 Å². The second kappa shape index (κ2) is 7.47. The standard InChI is InChI=1S/C12H17ClN2O3S.ClH/c1-18-12-5-4-10(7-11(12)13)19(16,17)15-8-9-3-2-6-14-9;/h4-5,7,9,14-15H,2-3,6,8H2,1H3;1H. The molecule has 5 nitrogen and oxygen atoms in total. The van der Waals surface area contributed by atoms with Crippen LogP contribution in [0.4, 0.5) is 0 Å².